The number of likely N-dealkylation sites (tertiary alicyclic amines) is 1. The third-order valence-electron chi connectivity index (χ3n) is 5.77. The van der Waals surface area contributed by atoms with Crippen LogP contribution in [0.2, 0.25) is 0 Å². The number of benzene rings is 1. The highest BCUT2D eigenvalue weighted by atomic mass is 16.4. The molecule has 3 rings (SSSR count). The van der Waals surface area contributed by atoms with Crippen LogP contribution in [0.5, 0.6) is 0 Å². The molecule has 0 bridgehead atoms. The van der Waals surface area contributed by atoms with E-state index in [1.807, 2.05) is 0 Å². The van der Waals surface area contributed by atoms with Crippen molar-refractivity contribution in [2.75, 3.05) is 13.1 Å². The van der Waals surface area contributed by atoms with Crippen LogP contribution in [-0.2, 0) is 17.9 Å². The number of aliphatic carboxylic acids is 1. The highest BCUT2D eigenvalue weighted by Crippen LogP contribution is 2.24. The van der Waals surface area contributed by atoms with Crippen LogP contribution in [0.3, 0.4) is 0 Å². The first-order valence-electron chi connectivity index (χ1n) is 9.97. The standard InChI is InChI=1S/C21H32N2O2/c24-21(25)19-8-10-20(11-9-19)22-15-17-6-5-7-18(14-17)16-23-12-3-1-2-4-13-23/h5-7,14,19-20,22H,1-4,8-13,15-16H2,(H,24,25). The fourth-order valence-electron chi connectivity index (χ4n) is 4.20. The molecule has 0 unspecified atom stereocenters. The average molecular weight is 344 g/mol. The van der Waals surface area contributed by atoms with Crippen molar-refractivity contribution in [1.29, 1.82) is 0 Å². The lowest BCUT2D eigenvalue weighted by Crippen LogP contribution is -2.34. The van der Waals surface area contributed by atoms with Gasteiger partial charge in [0, 0.05) is 19.1 Å². The van der Waals surface area contributed by atoms with Crippen molar-refractivity contribution in [3.05, 3.63) is 35.4 Å². The molecule has 0 radical (unpaired) electrons. The van der Waals surface area contributed by atoms with Gasteiger partial charge in [-0.1, -0.05) is 37.1 Å². The number of nitrogens with zero attached hydrogens (tertiary/aromatic N) is 1. The molecule has 4 nitrogen and oxygen atoms in total. The van der Waals surface area contributed by atoms with Crippen molar-refractivity contribution < 1.29 is 9.90 Å². The largest absolute Gasteiger partial charge is 0.481 e. The zero-order chi connectivity index (χ0) is 17.5. The number of hydrogen-bond donors (Lipinski definition) is 2. The van der Waals surface area contributed by atoms with Gasteiger partial charge in [-0.05, 0) is 62.7 Å². The van der Waals surface area contributed by atoms with Gasteiger partial charge in [-0.25, -0.2) is 0 Å². The van der Waals surface area contributed by atoms with E-state index in [4.69, 9.17) is 5.11 Å². The normalized spacial score (nSPS) is 25.4. The van der Waals surface area contributed by atoms with Crippen LogP contribution in [0, 0.1) is 5.92 Å². The average Bonchev–Trinajstić information content (AvgIpc) is 2.89. The Bertz CT molecular complexity index is 545. The van der Waals surface area contributed by atoms with E-state index in [0.29, 0.717) is 6.04 Å². The second kappa shape index (κ2) is 9.35. The molecule has 1 aliphatic carbocycles. The summed E-state index contributed by atoms with van der Waals surface area (Å²) in [6.45, 7) is 4.42. The minimum atomic E-state index is -0.625. The van der Waals surface area contributed by atoms with Crippen molar-refractivity contribution in [3.8, 4) is 0 Å². The molecular weight excluding hydrogens is 312 g/mol. The number of hydrogen-bond acceptors (Lipinski definition) is 3. The Morgan fingerprint density at radius 1 is 1.04 bits per heavy atom. The number of carboxylic acid groups (broad SMARTS) is 1. The Hall–Kier alpha value is -1.39. The van der Waals surface area contributed by atoms with E-state index >= 15 is 0 Å². The summed E-state index contributed by atoms with van der Waals surface area (Å²) in [5.41, 5.74) is 2.75. The maximum Gasteiger partial charge on any atom is 0.306 e. The van der Waals surface area contributed by atoms with Crippen molar-refractivity contribution in [2.45, 2.75) is 70.5 Å². The van der Waals surface area contributed by atoms with Gasteiger partial charge >= 0.3 is 5.97 Å². The van der Waals surface area contributed by atoms with Gasteiger partial charge in [0.2, 0.25) is 0 Å². The summed E-state index contributed by atoms with van der Waals surface area (Å²) >= 11 is 0. The SMILES string of the molecule is O=C(O)C1CCC(NCc2cccc(CN3CCCCCC3)c2)CC1. The van der Waals surface area contributed by atoms with Gasteiger partial charge in [0.05, 0.1) is 5.92 Å². The molecule has 1 aromatic carbocycles. The minimum Gasteiger partial charge on any atom is -0.481 e. The lowest BCUT2D eigenvalue weighted by atomic mass is 9.86. The Labute approximate surface area is 151 Å². The quantitative estimate of drug-likeness (QED) is 0.824. The van der Waals surface area contributed by atoms with Crippen molar-refractivity contribution in [2.24, 2.45) is 5.92 Å². The third kappa shape index (κ3) is 5.82. The first-order valence-corrected chi connectivity index (χ1v) is 9.97. The first-order chi connectivity index (χ1) is 12.2. The molecule has 0 amide bonds. The Balaban J connectivity index is 1.46. The van der Waals surface area contributed by atoms with Crippen LogP contribution in [0.4, 0.5) is 0 Å². The molecule has 2 N–H and O–H groups in total. The lowest BCUT2D eigenvalue weighted by Gasteiger charge is -2.27. The smallest absolute Gasteiger partial charge is 0.306 e. The van der Waals surface area contributed by atoms with E-state index < -0.39 is 5.97 Å². The molecule has 0 spiro atoms. The van der Waals surface area contributed by atoms with E-state index in [2.05, 4.69) is 34.5 Å². The molecule has 0 aromatic heterocycles. The minimum absolute atomic E-state index is 0.130. The Morgan fingerprint density at radius 2 is 1.72 bits per heavy atom. The van der Waals surface area contributed by atoms with Gasteiger partial charge in [-0.15, -0.1) is 0 Å². The molecule has 25 heavy (non-hydrogen) atoms. The van der Waals surface area contributed by atoms with Crippen LogP contribution in [0.25, 0.3) is 0 Å². The fourth-order valence-corrected chi connectivity index (χ4v) is 4.20. The highest BCUT2D eigenvalue weighted by Gasteiger charge is 2.25. The van der Waals surface area contributed by atoms with E-state index in [-0.39, 0.29) is 5.92 Å². The number of nitrogens with one attached hydrogen (secondary N) is 1. The van der Waals surface area contributed by atoms with E-state index in [1.165, 1.54) is 49.9 Å². The number of rotatable bonds is 6. The van der Waals surface area contributed by atoms with Gasteiger partial charge in [0.1, 0.15) is 0 Å². The zero-order valence-corrected chi connectivity index (χ0v) is 15.3. The zero-order valence-electron chi connectivity index (χ0n) is 15.3. The Kier molecular flexibility index (Phi) is 6.88. The summed E-state index contributed by atoms with van der Waals surface area (Å²) in [7, 11) is 0. The molecule has 1 saturated heterocycles. The number of carboxylic acids is 1. The fraction of sp³-hybridized carbons (Fsp3) is 0.667. The molecular formula is C21H32N2O2. The molecule has 138 valence electrons. The van der Waals surface area contributed by atoms with Gasteiger partial charge < -0.3 is 10.4 Å². The van der Waals surface area contributed by atoms with Gasteiger partial charge in [0.25, 0.3) is 0 Å². The van der Waals surface area contributed by atoms with E-state index in [1.54, 1.807) is 0 Å². The second-order valence-electron chi connectivity index (χ2n) is 7.78. The van der Waals surface area contributed by atoms with Gasteiger partial charge in [-0.2, -0.15) is 0 Å². The number of carbonyl (C=O) groups is 1. The van der Waals surface area contributed by atoms with Crippen LogP contribution < -0.4 is 5.32 Å². The van der Waals surface area contributed by atoms with Crippen LogP contribution in [0.15, 0.2) is 24.3 Å². The highest BCUT2D eigenvalue weighted by molar-refractivity contribution is 5.70. The van der Waals surface area contributed by atoms with Crippen molar-refractivity contribution in [1.82, 2.24) is 10.2 Å². The molecule has 2 fully saturated rings. The predicted octanol–water partition coefficient (Wildman–Crippen LogP) is 3.80. The lowest BCUT2D eigenvalue weighted by molar-refractivity contribution is -0.142. The molecule has 1 aromatic rings. The monoisotopic (exact) mass is 344 g/mol. The molecule has 1 aliphatic heterocycles. The van der Waals surface area contributed by atoms with Crippen LogP contribution >= 0.6 is 0 Å². The summed E-state index contributed by atoms with van der Waals surface area (Å²) in [6, 6.07) is 9.41. The molecule has 4 heteroatoms. The van der Waals surface area contributed by atoms with Gasteiger partial charge in [-0.3, -0.25) is 9.69 Å². The molecule has 2 aliphatic rings. The van der Waals surface area contributed by atoms with Gasteiger partial charge in [0.15, 0.2) is 0 Å². The summed E-state index contributed by atoms with van der Waals surface area (Å²) in [5.74, 6) is -0.755. The van der Waals surface area contributed by atoms with E-state index in [9.17, 15) is 4.79 Å². The summed E-state index contributed by atoms with van der Waals surface area (Å²) in [6.07, 6.45) is 8.99. The topological polar surface area (TPSA) is 52.6 Å². The molecule has 1 saturated carbocycles. The first kappa shape index (κ1) is 18.4. The summed E-state index contributed by atoms with van der Waals surface area (Å²) in [4.78, 5) is 13.6. The Morgan fingerprint density at radius 3 is 2.40 bits per heavy atom. The van der Waals surface area contributed by atoms with Crippen LogP contribution in [-0.4, -0.2) is 35.1 Å². The van der Waals surface area contributed by atoms with Crippen molar-refractivity contribution in [3.63, 3.8) is 0 Å². The van der Waals surface area contributed by atoms with Crippen LogP contribution in [0.1, 0.15) is 62.5 Å². The van der Waals surface area contributed by atoms with E-state index in [0.717, 1.165) is 38.8 Å². The predicted molar refractivity (Wildman–Crippen MR) is 100 cm³/mol. The third-order valence-corrected chi connectivity index (χ3v) is 5.77. The molecule has 0 atom stereocenters. The van der Waals surface area contributed by atoms with Crippen molar-refractivity contribution >= 4 is 5.97 Å². The maximum atomic E-state index is 11.0. The second-order valence-corrected chi connectivity index (χ2v) is 7.78. The summed E-state index contributed by atoms with van der Waals surface area (Å²) in [5, 5.41) is 12.7. The summed E-state index contributed by atoms with van der Waals surface area (Å²) < 4.78 is 0. The molecule has 1 heterocycles. The maximum absolute atomic E-state index is 11.0.